The van der Waals surface area contributed by atoms with Crippen LogP contribution in [0.15, 0.2) is 60.7 Å². The van der Waals surface area contributed by atoms with E-state index in [1.165, 1.54) is 45.7 Å². The number of hydrogen-bond donors (Lipinski definition) is 0. The Labute approximate surface area is 199 Å². The summed E-state index contributed by atoms with van der Waals surface area (Å²) in [5, 5.41) is 1.34. The van der Waals surface area contributed by atoms with Crippen LogP contribution in [0.2, 0.25) is 0 Å². The zero-order valence-corrected chi connectivity index (χ0v) is 20.0. The lowest BCUT2D eigenvalue weighted by Gasteiger charge is -2.37. The summed E-state index contributed by atoms with van der Waals surface area (Å²) in [6.45, 7) is 6.41. The van der Waals surface area contributed by atoms with Crippen molar-refractivity contribution in [3.8, 4) is 0 Å². The molecule has 1 aliphatic carbocycles. The molecule has 4 aromatic rings. The lowest BCUT2D eigenvalue weighted by molar-refractivity contribution is 0.509. The highest BCUT2D eigenvalue weighted by molar-refractivity contribution is 7.19. The van der Waals surface area contributed by atoms with Gasteiger partial charge in [-0.1, -0.05) is 55.5 Å². The minimum atomic E-state index is 0.764. The van der Waals surface area contributed by atoms with E-state index < -0.39 is 0 Å². The fourth-order valence-electron chi connectivity index (χ4n) is 5.27. The SMILES string of the molecule is C[C@@H]1CCc2c(sc3nc(Cc4ccccc4)nc(N4CCN(c5ccccc5)CC4)c23)C1. The highest BCUT2D eigenvalue weighted by atomic mass is 32.1. The van der Waals surface area contributed by atoms with E-state index in [2.05, 4.69) is 77.4 Å². The zero-order chi connectivity index (χ0) is 22.2. The van der Waals surface area contributed by atoms with Crippen molar-refractivity contribution in [2.24, 2.45) is 5.92 Å². The van der Waals surface area contributed by atoms with Gasteiger partial charge >= 0.3 is 0 Å². The average molecular weight is 455 g/mol. The molecule has 0 radical (unpaired) electrons. The molecule has 3 heterocycles. The largest absolute Gasteiger partial charge is 0.368 e. The second-order valence-corrected chi connectivity index (χ2v) is 10.6. The predicted molar refractivity (Wildman–Crippen MR) is 139 cm³/mol. The lowest BCUT2D eigenvalue weighted by Crippen LogP contribution is -2.47. The predicted octanol–water partition coefficient (Wildman–Crippen LogP) is 5.73. The van der Waals surface area contributed by atoms with Gasteiger partial charge in [0.25, 0.3) is 0 Å². The van der Waals surface area contributed by atoms with Crippen molar-refractivity contribution in [2.75, 3.05) is 36.0 Å². The van der Waals surface area contributed by atoms with Gasteiger partial charge in [-0.25, -0.2) is 9.97 Å². The molecule has 2 aromatic heterocycles. The van der Waals surface area contributed by atoms with Crippen LogP contribution in [0.4, 0.5) is 11.5 Å². The van der Waals surface area contributed by atoms with E-state index in [0.29, 0.717) is 0 Å². The molecule has 5 heteroatoms. The van der Waals surface area contributed by atoms with Crippen molar-refractivity contribution in [1.82, 2.24) is 9.97 Å². The minimum absolute atomic E-state index is 0.764. The molecule has 1 saturated heterocycles. The third kappa shape index (κ3) is 4.10. The summed E-state index contributed by atoms with van der Waals surface area (Å²) in [4.78, 5) is 18.0. The van der Waals surface area contributed by atoms with E-state index in [1.54, 1.807) is 4.88 Å². The highest BCUT2D eigenvalue weighted by Crippen LogP contribution is 2.41. The number of hydrogen-bond acceptors (Lipinski definition) is 5. The van der Waals surface area contributed by atoms with Gasteiger partial charge in [0.2, 0.25) is 0 Å². The maximum absolute atomic E-state index is 5.22. The van der Waals surface area contributed by atoms with Crippen molar-refractivity contribution in [2.45, 2.75) is 32.6 Å². The molecular weight excluding hydrogens is 424 g/mol. The Morgan fingerprint density at radius 1 is 0.879 bits per heavy atom. The van der Waals surface area contributed by atoms with Gasteiger partial charge in [0.15, 0.2) is 0 Å². The molecule has 168 valence electrons. The Hall–Kier alpha value is -2.92. The number of aryl methyl sites for hydroxylation is 1. The van der Waals surface area contributed by atoms with Gasteiger partial charge < -0.3 is 9.80 Å². The maximum Gasteiger partial charge on any atom is 0.141 e. The van der Waals surface area contributed by atoms with E-state index in [-0.39, 0.29) is 0 Å². The molecule has 0 bridgehead atoms. The summed E-state index contributed by atoms with van der Waals surface area (Å²) in [6, 6.07) is 21.4. The summed E-state index contributed by atoms with van der Waals surface area (Å²) in [5.74, 6) is 2.88. The van der Waals surface area contributed by atoms with Gasteiger partial charge in [-0.15, -0.1) is 11.3 Å². The van der Waals surface area contributed by atoms with Crippen LogP contribution in [0.3, 0.4) is 0 Å². The number of piperazine rings is 1. The van der Waals surface area contributed by atoms with Crippen molar-refractivity contribution in [3.05, 3.63) is 82.5 Å². The molecule has 2 aromatic carbocycles. The van der Waals surface area contributed by atoms with Gasteiger partial charge in [0.1, 0.15) is 16.5 Å². The summed E-state index contributed by atoms with van der Waals surface area (Å²) in [6.07, 6.45) is 4.40. The van der Waals surface area contributed by atoms with Crippen LogP contribution in [0.5, 0.6) is 0 Å². The Balaban J connectivity index is 1.36. The second kappa shape index (κ2) is 8.79. The molecule has 0 saturated carbocycles. The number of benzene rings is 2. The third-order valence-electron chi connectivity index (χ3n) is 7.09. The summed E-state index contributed by atoms with van der Waals surface area (Å²) >= 11 is 1.92. The Kier molecular flexibility index (Phi) is 5.50. The standard InChI is InChI=1S/C28H30N4S/c1-20-12-13-23-24(18-20)33-28-26(23)27(29-25(30-28)19-21-8-4-2-5-9-21)32-16-14-31(15-17-32)22-10-6-3-7-11-22/h2-11,20H,12-19H2,1H3/t20-/m1/s1. The van der Waals surface area contributed by atoms with E-state index in [4.69, 9.17) is 9.97 Å². The van der Waals surface area contributed by atoms with Crippen molar-refractivity contribution in [1.29, 1.82) is 0 Å². The first kappa shape index (κ1) is 20.7. The van der Waals surface area contributed by atoms with Crippen LogP contribution in [0, 0.1) is 5.92 Å². The highest BCUT2D eigenvalue weighted by Gasteiger charge is 2.27. The molecule has 4 nitrogen and oxygen atoms in total. The van der Waals surface area contributed by atoms with Crippen LogP contribution in [0.25, 0.3) is 10.2 Å². The molecule has 0 amide bonds. The van der Waals surface area contributed by atoms with Crippen LogP contribution >= 0.6 is 11.3 Å². The van der Waals surface area contributed by atoms with Crippen LogP contribution in [0.1, 0.15) is 35.2 Å². The lowest BCUT2D eigenvalue weighted by atomic mass is 9.89. The number of fused-ring (bicyclic) bond motifs is 3. The number of thiophene rings is 1. The van der Waals surface area contributed by atoms with Crippen LogP contribution < -0.4 is 9.80 Å². The molecule has 0 spiro atoms. The van der Waals surface area contributed by atoms with Crippen LogP contribution in [-0.2, 0) is 19.3 Å². The quantitative estimate of drug-likeness (QED) is 0.394. The van der Waals surface area contributed by atoms with E-state index >= 15 is 0 Å². The molecule has 1 fully saturated rings. The first-order valence-electron chi connectivity index (χ1n) is 12.1. The van der Waals surface area contributed by atoms with Crippen molar-refractivity contribution in [3.63, 3.8) is 0 Å². The number of nitrogens with zero attached hydrogens (tertiary/aromatic N) is 4. The molecule has 6 rings (SSSR count). The van der Waals surface area contributed by atoms with Crippen molar-refractivity contribution >= 4 is 33.1 Å². The van der Waals surface area contributed by atoms with Gasteiger partial charge in [0.05, 0.1) is 5.39 Å². The third-order valence-corrected chi connectivity index (χ3v) is 8.24. The number of anilines is 2. The van der Waals surface area contributed by atoms with Gasteiger partial charge in [-0.05, 0) is 48.4 Å². The van der Waals surface area contributed by atoms with Gasteiger partial charge in [-0.2, -0.15) is 0 Å². The molecule has 0 N–H and O–H groups in total. The molecule has 2 aliphatic rings. The fourth-order valence-corrected chi connectivity index (χ4v) is 6.66. The molecule has 33 heavy (non-hydrogen) atoms. The first-order chi connectivity index (χ1) is 16.2. The van der Waals surface area contributed by atoms with Crippen LogP contribution in [-0.4, -0.2) is 36.1 Å². The van der Waals surface area contributed by atoms with Gasteiger partial charge in [-0.3, -0.25) is 0 Å². The summed E-state index contributed by atoms with van der Waals surface area (Å²) < 4.78 is 0. The Morgan fingerprint density at radius 2 is 1.58 bits per heavy atom. The van der Waals surface area contributed by atoms with E-state index in [9.17, 15) is 0 Å². The Morgan fingerprint density at radius 3 is 2.33 bits per heavy atom. The number of para-hydroxylation sites is 1. The molecule has 1 aliphatic heterocycles. The second-order valence-electron chi connectivity index (χ2n) is 9.47. The monoisotopic (exact) mass is 454 g/mol. The smallest absolute Gasteiger partial charge is 0.141 e. The van der Waals surface area contributed by atoms with Crippen molar-refractivity contribution < 1.29 is 0 Å². The normalized spacial score (nSPS) is 18.5. The summed E-state index contributed by atoms with van der Waals surface area (Å²) in [5.41, 5.74) is 4.11. The number of rotatable bonds is 4. The maximum atomic E-state index is 5.22. The fraction of sp³-hybridized carbons (Fsp3) is 0.357. The Bertz CT molecular complexity index is 1240. The zero-order valence-electron chi connectivity index (χ0n) is 19.2. The minimum Gasteiger partial charge on any atom is -0.368 e. The average Bonchev–Trinajstić information content (AvgIpc) is 3.22. The number of aromatic nitrogens is 2. The molecular formula is C28H30N4S. The van der Waals surface area contributed by atoms with Gasteiger partial charge in [0, 0.05) is 43.2 Å². The topological polar surface area (TPSA) is 32.3 Å². The molecule has 1 atom stereocenters. The molecule has 0 unspecified atom stereocenters. The first-order valence-corrected chi connectivity index (χ1v) is 13.0. The van der Waals surface area contributed by atoms with E-state index in [0.717, 1.165) is 50.8 Å². The summed E-state index contributed by atoms with van der Waals surface area (Å²) in [7, 11) is 0. The van der Waals surface area contributed by atoms with E-state index in [1.807, 2.05) is 11.3 Å².